The average molecular weight is 253 g/mol. The van der Waals surface area contributed by atoms with Gasteiger partial charge in [0.2, 0.25) is 0 Å². The van der Waals surface area contributed by atoms with Crippen LogP contribution < -0.4 is 10.2 Å². The smallest absolute Gasteiger partial charge is 0.185 e. The van der Waals surface area contributed by atoms with Gasteiger partial charge < -0.3 is 10.2 Å². The van der Waals surface area contributed by atoms with Crippen molar-refractivity contribution < 1.29 is 0 Å². The highest BCUT2D eigenvalue weighted by Gasteiger charge is 2.27. The number of anilines is 1. The van der Waals surface area contributed by atoms with Crippen LogP contribution >= 0.6 is 11.3 Å². The van der Waals surface area contributed by atoms with E-state index < -0.39 is 0 Å². The van der Waals surface area contributed by atoms with Gasteiger partial charge in [-0.25, -0.2) is 4.98 Å². The minimum Gasteiger partial charge on any atom is -0.348 e. The Morgan fingerprint density at radius 3 is 2.76 bits per heavy atom. The molecule has 0 saturated carbocycles. The number of nitrogens with zero attached hydrogens (tertiary/aromatic N) is 2. The summed E-state index contributed by atoms with van der Waals surface area (Å²) in [5, 5.41) is 4.63. The Morgan fingerprint density at radius 1 is 1.41 bits per heavy atom. The van der Waals surface area contributed by atoms with E-state index in [-0.39, 0.29) is 0 Å². The lowest BCUT2D eigenvalue weighted by Gasteiger charge is -2.13. The van der Waals surface area contributed by atoms with Gasteiger partial charge in [0.1, 0.15) is 0 Å². The van der Waals surface area contributed by atoms with Crippen LogP contribution in [-0.4, -0.2) is 24.6 Å². The third-order valence-corrected chi connectivity index (χ3v) is 4.58. The van der Waals surface area contributed by atoms with E-state index in [4.69, 9.17) is 0 Å². The third kappa shape index (κ3) is 3.19. The second kappa shape index (κ2) is 5.83. The molecule has 1 fully saturated rings. The van der Waals surface area contributed by atoms with Crippen molar-refractivity contribution in [2.45, 2.75) is 33.7 Å². The molecule has 0 aliphatic carbocycles. The van der Waals surface area contributed by atoms with Crippen molar-refractivity contribution >= 4 is 16.5 Å². The van der Waals surface area contributed by atoms with E-state index in [0.717, 1.165) is 38.0 Å². The summed E-state index contributed by atoms with van der Waals surface area (Å²) in [6.07, 6.45) is 3.21. The maximum absolute atomic E-state index is 4.55. The van der Waals surface area contributed by atoms with E-state index in [1.165, 1.54) is 16.4 Å². The van der Waals surface area contributed by atoms with Crippen molar-refractivity contribution in [2.24, 2.45) is 11.8 Å². The molecule has 0 spiro atoms. The second-order valence-corrected chi connectivity index (χ2v) is 6.24. The Morgan fingerprint density at radius 2 is 2.12 bits per heavy atom. The summed E-state index contributed by atoms with van der Waals surface area (Å²) in [4.78, 5) is 8.33. The summed E-state index contributed by atoms with van der Waals surface area (Å²) in [6, 6.07) is 0. The van der Waals surface area contributed by atoms with E-state index in [0.29, 0.717) is 0 Å². The number of nitrogens with one attached hydrogen (secondary N) is 1. The highest BCUT2D eigenvalue weighted by atomic mass is 32.1. The summed E-state index contributed by atoms with van der Waals surface area (Å²) >= 11 is 1.84. The molecule has 2 rings (SSSR count). The van der Waals surface area contributed by atoms with Crippen LogP contribution in [-0.2, 0) is 6.54 Å². The van der Waals surface area contributed by atoms with Gasteiger partial charge in [-0.2, -0.15) is 0 Å². The van der Waals surface area contributed by atoms with Crippen LogP contribution in [0.2, 0.25) is 0 Å². The highest BCUT2D eigenvalue weighted by Crippen LogP contribution is 2.30. The molecule has 1 saturated heterocycles. The molecule has 3 nitrogen and oxygen atoms in total. The van der Waals surface area contributed by atoms with Crippen LogP contribution in [0.15, 0.2) is 6.20 Å². The fraction of sp³-hybridized carbons (Fsp3) is 0.769. The molecule has 1 aromatic heterocycles. The molecule has 2 atom stereocenters. The molecule has 0 aromatic carbocycles. The number of hydrogen-bond donors (Lipinski definition) is 1. The molecule has 4 heteroatoms. The topological polar surface area (TPSA) is 28.2 Å². The van der Waals surface area contributed by atoms with Gasteiger partial charge in [0.25, 0.3) is 0 Å². The average Bonchev–Trinajstić information content (AvgIpc) is 2.88. The minimum atomic E-state index is 0.792. The number of rotatable bonds is 5. The molecule has 17 heavy (non-hydrogen) atoms. The first-order valence-electron chi connectivity index (χ1n) is 6.61. The Kier molecular flexibility index (Phi) is 4.40. The monoisotopic (exact) mass is 253 g/mol. The molecule has 1 aliphatic heterocycles. The SMILES string of the molecule is CCCNCc1cnc(N2CC(C)C(C)C2)s1. The first kappa shape index (κ1) is 12.8. The van der Waals surface area contributed by atoms with E-state index in [9.17, 15) is 0 Å². The van der Waals surface area contributed by atoms with Gasteiger partial charge in [-0.3, -0.25) is 0 Å². The molecule has 1 aromatic rings. The van der Waals surface area contributed by atoms with Gasteiger partial charge in [-0.05, 0) is 24.8 Å². The van der Waals surface area contributed by atoms with Gasteiger partial charge in [-0.1, -0.05) is 20.8 Å². The first-order chi connectivity index (χ1) is 8.20. The lowest BCUT2D eigenvalue weighted by atomic mass is 10.0. The van der Waals surface area contributed by atoms with E-state index in [1.807, 2.05) is 17.5 Å². The summed E-state index contributed by atoms with van der Waals surface area (Å²) in [5.74, 6) is 1.58. The van der Waals surface area contributed by atoms with Crippen LogP contribution in [0.4, 0.5) is 5.13 Å². The molecule has 96 valence electrons. The van der Waals surface area contributed by atoms with Gasteiger partial charge in [0.15, 0.2) is 5.13 Å². The number of hydrogen-bond acceptors (Lipinski definition) is 4. The summed E-state index contributed by atoms with van der Waals surface area (Å²) in [5.41, 5.74) is 0. The molecule has 1 N–H and O–H groups in total. The molecule has 0 bridgehead atoms. The fourth-order valence-corrected chi connectivity index (χ4v) is 3.10. The summed E-state index contributed by atoms with van der Waals surface area (Å²) < 4.78 is 0. The predicted molar refractivity (Wildman–Crippen MR) is 74.7 cm³/mol. The highest BCUT2D eigenvalue weighted by molar-refractivity contribution is 7.15. The first-order valence-corrected chi connectivity index (χ1v) is 7.42. The van der Waals surface area contributed by atoms with Crippen molar-refractivity contribution in [3.8, 4) is 0 Å². The van der Waals surface area contributed by atoms with Gasteiger partial charge in [-0.15, -0.1) is 11.3 Å². The summed E-state index contributed by atoms with van der Waals surface area (Å²) in [6.45, 7) is 11.2. The molecule has 0 radical (unpaired) electrons. The quantitative estimate of drug-likeness (QED) is 0.818. The van der Waals surface area contributed by atoms with Crippen LogP contribution in [0.25, 0.3) is 0 Å². The molecule has 0 amide bonds. The van der Waals surface area contributed by atoms with Gasteiger partial charge in [0.05, 0.1) is 0 Å². The zero-order valence-electron chi connectivity index (χ0n) is 11.1. The molecule has 1 aliphatic rings. The van der Waals surface area contributed by atoms with Gasteiger partial charge in [0, 0.05) is 30.7 Å². The van der Waals surface area contributed by atoms with E-state index in [2.05, 4.69) is 36.0 Å². The Hall–Kier alpha value is -0.610. The van der Waals surface area contributed by atoms with E-state index in [1.54, 1.807) is 0 Å². The lowest BCUT2D eigenvalue weighted by molar-refractivity contribution is 0.494. The normalized spacial score (nSPS) is 24.5. The number of thiazole rings is 1. The molecule has 2 heterocycles. The maximum atomic E-state index is 4.55. The second-order valence-electron chi connectivity index (χ2n) is 5.15. The van der Waals surface area contributed by atoms with Crippen molar-refractivity contribution in [2.75, 3.05) is 24.5 Å². The largest absolute Gasteiger partial charge is 0.348 e. The standard InChI is InChI=1S/C13H23N3S/c1-4-5-14-6-12-7-15-13(17-12)16-8-10(2)11(3)9-16/h7,10-11,14H,4-6,8-9H2,1-3H3. The number of aromatic nitrogens is 1. The van der Waals surface area contributed by atoms with Crippen molar-refractivity contribution in [1.82, 2.24) is 10.3 Å². The zero-order chi connectivity index (χ0) is 12.3. The Bertz CT molecular complexity index is 340. The van der Waals surface area contributed by atoms with E-state index >= 15 is 0 Å². The van der Waals surface area contributed by atoms with Crippen molar-refractivity contribution in [3.05, 3.63) is 11.1 Å². The van der Waals surface area contributed by atoms with Gasteiger partial charge >= 0.3 is 0 Å². The molecular weight excluding hydrogens is 230 g/mol. The third-order valence-electron chi connectivity index (χ3n) is 3.53. The van der Waals surface area contributed by atoms with Crippen LogP contribution in [0.5, 0.6) is 0 Å². The maximum Gasteiger partial charge on any atom is 0.185 e. The zero-order valence-corrected chi connectivity index (χ0v) is 11.9. The predicted octanol–water partition coefficient (Wildman–Crippen LogP) is 2.73. The van der Waals surface area contributed by atoms with Crippen molar-refractivity contribution in [1.29, 1.82) is 0 Å². The fourth-order valence-electron chi connectivity index (χ4n) is 2.20. The van der Waals surface area contributed by atoms with Crippen LogP contribution in [0.3, 0.4) is 0 Å². The molecular formula is C13H23N3S. The summed E-state index contributed by atoms with van der Waals surface area (Å²) in [7, 11) is 0. The van der Waals surface area contributed by atoms with Crippen LogP contribution in [0, 0.1) is 11.8 Å². The minimum absolute atomic E-state index is 0.792. The Balaban J connectivity index is 1.90. The van der Waals surface area contributed by atoms with Crippen LogP contribution in [0.1, 0.15) is 32.1 Å². The Labute approximate surface area is 108 Å². The lowest BCUT2D eigenvalue weighted by Crippen LogP contribution is -2.19. The van der Waals surface area contributed by atoms with Crippen molar-refractivity contribution in [3.63, 3.8) is 0 Å². The molecule has 2 unspecified atom stereocenters.